The van der Waals surface area contributed by atoms with Gasteiger partial charge in [0, 0.05) is 39.9 Å². The van der Waals surface area contributed by atoms with Crippen molar-refractivity contribution >= 4 is 29.9 Å². The quantitative estimate of drug-likeness (QED) is 0.283. The molecular formula is C18H35IN6O. The number of ether oxygens (including phenoxy) is 1. The highest BCUT2D eigenvalue weighted by molar-refractivity contribution is 14.0. The molecule has 7 nitrogen and oxygen atoms in total. The summed E-state index contributed by atoms with van der Waals surface area (Å²) >= 11 is 0. The van der Waals surface area contributed by atoms with E-state index in [1.54, 1.807) is 0 Å². The van der Waals surface area contributed by atoms with Gasteiger partial charge in [-0.25, -0.2) is 4.99 Å². The smallest absolute Gasteiger partial charge is 0.194 e. The number of hydrogen-bond acceptors (Lipinski definition) is 4. The maximum atomic E-state index is 5.43. The highest BCUT2D eigenvalue weighted by atomic mass is 127. The van der Waals surface area contributed by atoms with E-state index in [4.69, 9.17) is 9.73 Å². The summed E-state index contributed by atoms with van der Waals surface area (Å²) in [6.45, 7) is 13.7. The molecule has 1 saturated heterocycles. The van der Waals surface area contributed by atoms with Gasteiger partial charge in [0.05, 0.1) is 0 Å². The number of aryl methyl sites for hydroxylation is 1. The lowest BCUT2D eigenvalue weighted by atomic mass is 9.92. The van der Waals surface area contributed by atoms with Gasteiger partial charge in [0.2, 0.25) is 0 Å². The van der Waals surface area contributed by atoms with Crippen molar-refractivity contribution in [3.05, 3.63) is 11.6 Å². The van der Waals surface area contributed by atoms with Crippen LogP contribution >= 0.6 is 24.0 Å². The fraction of sp³-hybridized carbons (Fsp3) is 0.833. The molecule has 150 valence electrons. The Bertz CT molecular complexity index is 552. The van der Waals surface area contributed by atoms with Crippen molar-refractivity contribution in [2.45, 2.75) is 47.1 Å². The molecule has 0 aromatic carbocycles. The molecule has 26 heavy (non-hydrogen) atoms. The molecule has 8 heteroatoms. The lowest BCUT2D eigenvalue weighted by Crippen LogP contribution is -2.48. The van der Waals surface area contributed by atoms with Crippen molar-refractivity contribution < 1.29 is 4.74 Å². The second-order valence-corrected chi connectivity index (χ2v) is 7.19. The molecule has 1 N–H and O–H groups in total. The third-order valence-electron chi connectivity index (χ3n) is 4.67. The van der Waals surface area contributed by atoms with Gasteiger partial charge in [-0.2, -0.15) is 0 Å². The molecule has 2 unspecified atom stereocenters. The van der Waals surface area contributed by atoms with E-state index in [-0.39, 0.29) is 24.0 Å². The van der Waals surface area contributed by atoms with Crippen molar-refractivity contribution in [2.24, 2.45) is 23.9 Å². The Morgan fingerprint density at radius 1 is 1.27 bits per heavy atom. The summed E-state index contributed by atoms with van der Waals surface area (Å²) in [7, 11) is 1.99. The molecule has 0 spiro atoms. The third kappa shape index (κ3) is 7.02. The molecular weight excluding hydrogens is 443 g/mol. The van der Waals surface area contributed by atoms with Crippen molar-refractivity contribution in [2.75, 3.05) is 32.8 Å². The Morgan fingerprint density at radius 3 is 2.54 bits per heavy atom. The first kappa shape index (κ1) is 23.1. The monoisotopic (exact) mass is 478 g/mol. The van der Waals surface area contributed by atoms with Gasteiger partial charge in [-0.1, -0.05) is 13.8 Å². The summed E-state index contributed by atoms with van der Waals surface area (Å²) < 4.78 is 7.43. The van der Waals surface area contributed by atoms with Crippen molar-refractivity contribution in [3.63, 3.8) is 0 Å². The zero-order chi connectivity index (χ0) is 18.2. The van der Waals surface area contributed by atoms with E-state index < -0.39 is 0 Å². The molecule has 1 aliphatic rings. The number of aliphatic imine (C=N–C) groups is 1. The number of nitrogens with zero attached hydrogens (tertiary/aromatic N) is 5. The van der Waals surface area contributed by atoms with E-state index in [2.05, 4.69) is 34.3 Å². The van der Waals surface area contributed by atoms with Gasteiger partial charge in [0.15, 0.2) is 11.8 Å². The first-order valence-electron chi connectivity index (χ1n) is 9.47. The molecule has 2 heterocycles. The molecule has 0 saturated carbocycles. The van der Waals surface area contributed by atoms with Crippen molar-refractivity contribution in [1.29, 1.82) is 0 Å². The summed E-state index contributed by atoms with van der Waals surface area (Å²) in [6.07, 6.45) is 2.27. The Hall–Kier alpha value is -0.900. The van der Waals surface area contributed by atoms with E-state index in [9.17, 15) is 0 Å². The number of guanidine groups is 1. The average molecular weight is 478 g/mol. The van der Waals surface area contributed by atoms with Crippen LogP contribution in [0.2, 0.25) is 0 Å². The Labute approximate surface area is 175 Å². The van der Waals surface area contributed by atoms with Gasteiger partial charge in [-0.15, -0.1) is 34.2 Å². The first-order valence-corrected chi connectivity index (χ1v) is 9.47. The fourth-order valence-electron chi connectivity index (χ4n) is 3.36. The van der Waals surface area contributed by atoms with Gasteiger partial charge < -0.3 is 19.5 Å². The van der Waals surface area contributed by atoms with Crippen molar-refractivity contribution in [1.82, 2.24) is 25.0 Å². The number of nitrogens with one attached hydrogen (secondary N) is 1. The van der Waals surface area contributed by atoms with Crippen LogP contribution in [-0.2, 0) is 18.3 Å². The topological polar surface area (TPSA) is 67.6 Å². The van der Waals surface area contributed by atoms with E-state index >= 15 is 0 Å². The molecule has 1 aromatic heterocycles. The molecule has 0 bridgehead atoms. The van der Waals surface area contributed by atoms with Crippen LogP contribution in [0.25, 0.3) is 0 Å². The molecule has 0 radical (unpaired) electrons. The number of piperidine rings is 1. The summed E-state index contributed by atoms with van der Waals surface area (Å²) in [5.41, 5.74) is 0. The van der Waals surface area contributed by atoms with Gasteiger partial charge in [0.25, 0.3) is 0 Å². The number of likely N-dealkylation sites (tertiary alicyclic amines) is 1. The van der Waals surface area contributed by atoms with Crippen LogP contribution in [0.4, 0.5) is 0 Å². The van der Waals surface area contributed by atoms with Crippen molar-refractivity contribution in [3.8, 4) is 0 Å². The fourth-order valence-corrected chi connectivity index (χ4v) is 3.36. The minimum atomic E-state index is 0. The Morgan fingerprint density at radius 2 is 1.96 bits per heavy atom. The third-order valence-corrected chi connectivity index (χ3v) is 4.67. The molecule has 0 aliphatic carbocycles. The molecule has 1 fully saturated rings. The van der Waals surface area contributed by atoms with Crippen LogP contribution < -0.4 is 5.32 Å². The van der Waals surface area contributed by atoms with Crippen LogP contribution in [-0.4, -0.2) is 58.5 Å². The molecule has 2 atom stereocenters. The Balaban J connectivity index is 0.00000338. The van der Waals surface area contributed by atoms with E-state index in [0.717, 1.165) is 56.9 Å². The predicted molar refractivity (Wildman–Crippen MR) is 116 cm³/mol. The van der Waals surface area contributed by atoms with Crippen LogP contribution in [0, 0.1) is 18.8 Å². The second-order valence-electron chi connectivity index (χ2n) is 7.19. The number of hydrogen-bond donors (Lipinski definition) is 1. The number of halogens is 1. The lowest BCUT2D eigenvalue weighted by molar-refractivity contribution is 0.145. The highest BCUT2D eigenvalue weighted by Gasteiger charge is 2.24. The average Bonchev–Trinajstić information content (AvgIpc) is 2.88. The summed E-state index contributed by atoms with van der Waals surface area (Å²) in [5, 5.41) is 11.9. The maximum Gasteiger partial charge on any atom is 0.194 e. The van der Waals surface area contributed by atoms with Gasteiger partial charge in [-0.05, 0) is 38.5 Å². The zero-order valence-corrected chi connectivity index (χ0v) is 19.2. The maximum absolute atomic E-state index is 5.43. The first-order chi connectivity index (χ1) is 12.0. The summed E-state index contributed by atoms with van der Waals surface area (Å²) in [5.74, 6) is 4.17. The van der Waals surface area contributed by atoms with E-state index in [0.29, 0.717) is 18.4 Å². The van der Waals surface area contributed by atoms with Crippen LogP contribution in [0.15, 0.2) is 4.99 Å². The SMILES string of the molecule is CCOCCCNC(=NCc1nnc(C)n1C)N1CC(C)CC(C)C1.I. The van der Waals surface area contributed by atoms with E-state index in [1.807, 2.05) is 25.5 Å². The number of aromatic nitrogens is 3. The van der Waals surface area contributed by atoms with Gasteiger partial charge in [0.1, 0.15) is 12.4 Å². The lowest BCUT2D eigenvalue weighted by Gasteiger charge is -2.37. The largest absolute Gasteiger partial charge is 0.382 e. The van der Waals surface area contributed by atoms with E-state index in [1.165, 1.54) is 6.42 Å². The Kier molecular flexibility index (Phi) is 10.4. The zero-order valence-electron chi connectivity index (χ0n) is 16.9. The number of rotatable bonds is 7. The second kappa shape index (κ2) is 11.7. The molecule has 1 aliphatic heterocycles. The molecule has 1 aromatic rings. The van der Waals surface area contributed by atoms with Crippen LogP contribution in [0.3, 0.4) is 0 Å². The molecule has 2 rings (SSSR count). The predicted octanol–water partition coefficient (Wildman–Crippen LogP) is 2.59. The normalized spacial score (nSPS) is 20.8. The minimum Gasteiger partial charge on any atom is -0.382 e. The van der Waals surface area contributed by atoms with Gasteiger partial charge in [-0.3, -0.25) is 0 Å². The standard InChI is InChI=1S/C18H34N6O.HI/c1-6-25-9-7-8-19-18(24-12-14(2)10-15(3)13-24)20-11-17-22-21-16(4)23(17)5;/h14-15H,6-13H2,1-5H3,(H,19,20);1H. The van der Waals surface area contributed by atoms with Gasteiger partial charge >= 0.3 is 0 Å². The summed E-state index contributed by atoms with van der Waals surface area (Å²) in [6, 6.07) is 0. The summed E-state index contributed by atoms with van der Waals surface area (Å²) in [4.78, 5) is 7.24. The highest BCUT2D eigenvalue weighted by Crippen LogP contribution is 2.21. The minimum absolute atomic E-state index is 0. The molecule has 0 amide bonds. The van der Waals surface area contributed by atoms with Crippen LogP contribution in [0.1, 0.15) is 45.3 Å². The van der Waals surface area contributed by atoms with Crippen LogP contribution in [0.5, 0.6) is 0 Å².